The molecule has 0 saturated heterocycles. The van der Waals surface area contributed by atoms with Crippen LogP contribution in [-0.4, -0.2) is 54.1 Å². The summed E-state index contributed by atoms with van der Waals surface area (Å²) in [5.41, 5.74) is 1.09. The molecule has 0 radical (unpaired) electrons. The first-order valence-corrected chi connectivity index (χ1v) is 12.4. The Kier molecular flexibility index (Phi) is 8.51. The molecule has 3 aromatic carbocycles. The van der Waals surface area contributed by atoms with Crippen LogP contribution in [0.3, 0.4) is 0 Å². The molecular weight excluding hydrogens is 500 g/mol. The largest absolute Gasteiger partial charge is 0.497 e. The molecule has 0 heterocycles. The van der Waals surface area contributed by atoms with Crippen molar-refractivity contribution in [2.45, 2.75) is 11.8 Å². The number of hydrogen-bond donors (Lipinski definition) is 1. The Labute approximate surface area is 214 Å². The van der Waals surface area contributed by atoms with Gasteiger partial charge >= 0.3 is 11.9 Å². The van der Waals surface area contributed by atoms with E-state index in [4.69, 9.17) is 14.2 Å². The molecule has 3 aromatic rings. The molecule has 0 spiro atoms. The van der Waals surface area contributed by atoms with Gasteiger partial charge < -0.3 is 19.5 Å². The zero-order valence-corrected chi connectivity index (χ0v) is 21.5. The number of ether oxygens (including phenoxy) is 3. The fourth-order valence-corrected chi connectivity index (χ4v) is 4.82. The lowest BCUT2D eigenvalue weighted by molar-refractivity contribution is -0.114. The minimum absolute atomic E-state index is 0.00958. The lowest BCUT2D eigenvalue weighted by Crippen LogP contribution is -2.38. The van der Waals surface area contributed by atoms with Crippen molar-refractivity contribution in [3.05, 3.63) is 83.4 Å². The molecule has 11 heteroatoms. The molecule has 0 aliphatic carbocycles. The Morgan fingerprint density at radius 2 is 1.46 bits per heavy atom. The monoisotopic (exact) mass is 526 g/mol. The van der Waals surface area contributed by atoms with Crippen LogP contribution < -0.4 is 14.4 Å². The van der Waals surface area contributed by atoms with Crippen molar-refractivity contribution in [2.75, 3.05) is 37.5 Å². The maximum atomic E-state index is 13.6. The van der Waals surface area contributed by atoms with Gasteiger partial charge in [0.1, 0.15) is 12.3 Å². The summed E-state index contributed by atoms with van der Waals surface area (Å²) in [6.07, 6.45) is 0. The van der Waals surface area contributed by atoms with Crippen molar-refractivity contribution in [1.82, 2.24) is 0 Å². The number of methoxy groups -OCH3 is 3. The maximum Gasteiger partial charge on any atom is 0.339 e. The molecule has 0 fully saturated rings. The van der Waals surface area contributed by atoms with Gasteiger partial charge in [0.25, 0.3) is 10.0 Å². The van der Waals surface area contributed by atoms with E-state index in [1.54, 1.807) is 24.3 Å². The number of carbonyl (C=O) groups is 3. The predicted octanol–water partition coefficient (Wildman–Crippen LogP) is 3.41. The van der Waals surface area contributed by atoms with Crippen molar-refractivity contribution in [3.63, 3.8) is 0 Å². The number of carbonyl (C=O) groups excluding carboxylic acids is 3. The summed E-state index contributed by atoms with van der Waals surface area (Å²) in [4.78, 5) is 37.4. The van der Waals surface area contributed by atoms with Gasteiger partial charge in [-0.15, -0.1) is 0 Å². The van der Waals surface area contributed by atoms with Crippen molar-refractivity contribution in [3.8, 4) is 5.75 Å². The van der Waals surface area contributed by atoms with Crippen molar-refractivity contribution < 1.29 is 37.0 Å². The van der Waals surface area contributed by atoms with Gasteiger partial charge in [-0.3, -0.25) is 9.10 Å². The number of rotatable bonds is 9. The first kappa shape index (κ1) is 27.2. The van der Waals surface area contributed by atoms with Gasteiger partial charge in [-0.2, -0.15) is 0 Å². The normalized spacial score (nSPS) is 10.8. The average molecular weight is 527 g/mol. The minimum Gasteiger partial charge on any atom is -0.497 e. The van der Waals surface area contributed by atoms with E-state index in [1.165, 1.54) is 63.8 Å². The molecule has 0 aromatic heterocycles. The highest BCUT2D eigenvalue weighted by Gasteiger charge is 2.28. The van der Waals surface area contributed by atoms with Crippen LogP contribution >= 0.6 is 0 Å². The standard InChI is InChI=1S/C26H26N2O8S/c1-17-5-12-21(13-6-17)37(32,33)28(19-8-10-20(34-2)11-9-19)16-24(29)27-23-15-18(25(30)35-3)7-14-22(23)26(31)36-4/h5-15H,16H2,1-4H3,(H,27,29). The van der Waals surface area contributed by atoms with Gasteiger partial charge in [-0.05, 0) is 61.5 Å². The predicted molar refractivity (Wildman–Crippen MR) is 136 cm³/mol. The summed E-state index contributed by atoms with van der Waals surface area (Å²) in [5, 5.41) is 2.52. The van der Waals surface area contributed by atoms with E-state index in [2.05, 4.69) is 5.32 Å². The molecule has 1 amide bonds. The van der Waals surface area contributed by atoms with Crippen molar-refractivity contribution >= 4 is 39.2 Å². The number of sulfonamides is 1. The Balaban J connectivity index is 2.00. The second-order valence-corrected chi connectivity index (χ2v) is 9.68. The number of anilines is 2. The summed E-state index contributed by atoms with van der Waals surface area (Å²) < 4.78 is 42.7. The number of nitrogens with zero attached hydrogens (tertiary/aromatic N) is 1. The highest BCUT2D eigenvalue weighted by Crippen LogP contribution is 2.27. The number of benzene rings is 3. The summed E-state index contributed by atoms with van der Waals surface area (Å²) in [7, 11) is -0.331. The molecule has 0 aliphatic rings. The second kappa shape index (κ2) is 11.6. The van der Waals surface area contributed by atoms with Crippen LogP contribution in [0.4, 0.5) is 11.4 Å². The number of aryl methyl sites for hydroxylation is 1. The first-order valence-electron chi connectivity index (χ1n) is 10.9. The topological polar surface area (TPSA) is 128 Å². The van der Waals surface area contributed by atoms with Crippen LogP contribution in [0.5, 0.6) is 5.75 Å². The Hall–Kier alpha value is -4.38. The molecule has 1 N–H and O–H groups in total. The number of amides is 1. The van der Waals surface area contributed by atoms with Crippen LogP contribution in [0.1, 0.15) is 26.3 Å². The fourth-order valence-electron chi connectivity index (χ4n) is 3.40. The highest BCUT2D eigenvalue weighted by atomic mass is 32.2. The smallest absolute Gasteiger partial charge is 0.339 e. The minimum atomic E-state index is -4.17. The first-order chi connectivity index (χ1) is 17.6. The molecule has 194 valence electrons. The lowest BCUT2D eigenvalue weighted by atomic mass is 10.1. The van der Waals surface area contributed by atoms with Crippen LogP contribution in [0.2, 0.25) is 0 Å². The van der Waals surface area contributed by atoms with Gasteiger partial charge in [0, 0.05) is 0 Å². The number of esters is 2. The zero-order chi connectivity index (χ0) is 27.2. The third kappa shape index (κ3) is 6.25. The summed E-state index contributed by atoms with van der Waals surface area (Å²) >= 11 is 0. The third-order valence-corrected chi connectivity index (χ3v) is 7.16. The van der Waals surface area contributed by atoms with Crippen LogP contribution in [0, 0.1) is 6.92 Å². The number of nitrogens with one attached hydrogen (secondary N) is 1. The Morgan fingerprint density at radius 1 is 0.838 bits per heavy atom. The second-order valence-electron chi connectivity index (χ2n) is 7.81. The van der Waals surface area contributed by atoms with Crippen molar-refractivity contribution in [2.24, 2.45) is 0 Å². The van der Waals surface area contributed by atoms with Gasteiger partial charge in [0.05, 0.1) is 48.7 Å². The average Bonchev–Trinajstić information content (AvgIpc) is 2.91. The molecule has 0 aliphatic heterocycles. The van der Waals surface area contributed by atoms with Gasteiger partial charge in [-0.25, -0.2) is 18.0 Å². The zero-order valence-electron chi connectivity index (χ0n) is 20.7. The lowest BCUT2D eigenvalue weighted by Gasteiger charge is -2.24. The van der Waals surface area contributed by atoms with E-state index in [0.717, 1.165) is 9.87 Å². The molecular formula is C26H26N2O8S. The fraction of sp³-hybridized carbons (Fsp3) is 0.192. The van der Waals surface area contributed by atoms with Gasteiger partial charge in [-0.1, -0.05) is 17.7 Å². The Bertz CT molecular complexity index is 1400. The summed E-state index contributed by atoms with van der Waals surface area (Å²) in [6.45, 7) is 1.19. The molecule has 0 bridgehead atoms. The maximum absolute atomic E-state index is 13.6. The van der Waals surface area contributed by atoms with E-state index in [0.29, 0.717) is 5.75 Å². The SMILES string of the molecule is COC(=O)c1ccc(C(=O)OC)c(NC(=O)CN(c2ccc(OC)cc2)S(=O)(=O)c2ccc(C)cc2)c1. The van der Waals surface area contributed by atoms with E-state index in [-0.39, 0.29) is 27.4 Å². The summed E-state index contributed by atoms with van der Waals surface area (Å²) in [5.74, 6) is -1.71. The Morgan fingerprint density at radius 3 is 2.03 bits per heavy atom. The van der Waals surface area contributed by atoms with Gasteiger partial charge in [0.15, 0.2) is 0 Å². The molecule has 3 rings (SSSR count). The van der Waals surface area contributed by atoms with E-state index in [9.17, 15) is 22.8 Å². The third-order valence-electron chi connectivity index (χ3n) is 5.38. The van der Waals surface area contributed by atoms with Crippen LogP contribution in [-0.2, 0) is 24.3 Å². The summed E-state index contributed by atoms with van der Waals surface area (Å²) in [6, 6.07) is 16.3. The van der Waals surface area contributed by atoms with E-state index < -0.39 is 34.4 Å². The van der Waals surface area contributed by atoms with Crippen LogP contribution in [0.15, 0.2) is 71.6 Å². The highest BCUT2D eigenvalue weighted by molar-refractivity contribution is 7.92. The molecule has 0 saturated carbocycles. The van der Waals surface area contributed by atoms with E-state index in [1.807, 2.05) is 6.92 Å². The molecule has 0 atom stereocenters. The van der Waals surface area contributed by atoms with E-state index >= 15 is 0 Å². The van der Waals surface area contributed by atoms with Crippen molar-refractivity contribution in [1.29, 1.82) is 0 Å². The molecule has 37 heavy (non-hydrogen) atoms. The molecule has 0 unspecified atom stereocenters. The van der Waals surface area contributed by atoms with Crippen LogP contribution in [0.25, 0.3) is 0 Å². The molecule has 10 nitrogen and oxygen atoms in total. The quantitative estimate of drug-likeness (QED) is 0.420. The van der Waals surface area contributed by atoms with Gasteiger partial charge in [0.2, 0.25) is 5.91 Å². The number of hydrogen-bond acceptors (Lipinski definition) is 8.